The molecule has 2 heterocycles. The summed E-state index contributed by atoms with van der Waals surface area (Å²) in [6, 6.07) is 8.19. The summed E-state index contributed by atoms with van der Waals surface area (Å²) < 4.78 is 0.0571. The summed E-state index contributed by atoms with van der Waals surface area (Å²) in [5.74, 6) is -0.320. The van der Waals surface area contributed by atoms with E-state index < -0.39 is 5.56 Å². The van der Waals surface area contributed by atoms with Crippen LogP contribution in [0.25, 0.3) is 11.3 Å². The van der Waals surface area contributed by atoms with Gasteiger partial charge < -0.3 is 10.1 Å². The van der Waals surface area contributed by atoms with Gasteiger partial charge in [0.05, 0.1) is 5.69 Å². The number of nitrogens with zero attached hydrogens (tertiary/aromatic N) is 2. The highest BCUT2D eigenvalue weighted by Crippen LogP contribution is 2.27. The summed E-state index contributed by atoms with van der Waals surface area (Å²) in [6.07, 6.45) is 2.26. The molecule has 8 heteroatoms. The number of thiazole rings is 1. The van der Waals surface area contributed by atoms with Gasteiger partial charge in [-0.1, -0.05) is 31.2 Å². The molecule has 0 bridgehead atoms. The first-order valence-electron chi connectivity index (χ1n) is 7.21. The highest BCUT2D eigenvalue weighted by Gasteiger charge is 2.06. The van der Waals surface area contributed by atoms with Crippen LogP contribution in [-0.2, 0) is 6.42 Å². The van der Waals surface area contributed by atoms with Crippen LogP contribution in [-0.4, -0.2) is 26.3 Å². The molecule has 3 N–H and O–H groups in total. The van der Waals surface area contributed by atoms with Gasteiger partial charge in [-0.15, -0.1) is 11.3 Å². The van der Waals surface area contributed by atoms with Crippen molar-refractivity contribution in [2.24, 2.45) is 4.99 Å². The van der Waals surface area contributed by atoms with E-state index in [0.29, 0.717) is 5.13 Å². The van der Waals surface area contributed by atoms with Gasteiger partial charge in [0, 0.05) is 17.2 Å². The number of hydrogen-bond acceptors (Lipinski definition) is 6. The molecule has 1 aromatic carbocycles. The number of nitrogens with one attached hydrogen (secondary N) is 2. The second-order valence-electron chi connectivity index (χ2n) is 4.99. The SMILES string of the molecule is CCc1ccc(-c2csc(/N=C/c3c(O)[nH]c(=S)[nH]c3=O)n2)cc1. The molecule has 3 aromatic rings. The Morgan fingerprint density at radius 2 is 2.08 bits per heavy atom. The molecule has 0 saturated heterocycles. The van der Waals surface area contributed by atoms with Crippen LogP contribution >= 0.6 is 23.6 Å². The number of hydrogen-bond donors (Lipinski definition) is 3. The van der Waals surface area contributed by atoms with Gasteiger partial charge in [0.1, 0.15) is 5.56 Å². The van der Waals surface area contributed by atoms with Crippen molar-refractivity contribution in [3.63, 3.8) is 0 Å². The maximum Gasteiger partial charge on any atom is 0.264 e. The lowest BCUT2D eigenvalue weighted by molar-refractivity contribution is 0.449. The maximum atomic E-state index is 11.8. The van der Waals surface area contributed by atoms with E-state index in [9.17, 15) is 9.90 Å². The smallest absolute Gasteiger partial charge is 0.264 e. The quantitative estimate of drug-likeness (QED) is 0.491. The van der Waals surface area contributed by atoms with Crippen LogP contribution < -0.4 is 5.56 Å². The van der Waals surface area contributed by atoms with E-state index in [4.69, 9.17) is 12.2 Å². The zero-order valence-electron chi connectivity index (χ0n) is 12.7. The Hall–Kier alpha value is -2.58. The van der Waals surface area contributed by atoms with Gasteiger partial charge in [-0.05, 0) is 24.2 Å². The van der Waals surface area contributed by atoms with Crippen molar-refractivity contribution >= 4 is 34.9 Å². The van der Waals surface area contributed by atoms with Gasteiger partial charge in [0.2, 0.25) is 11.0 Å². The number of rotatable bonds is 4. The average Bonchev–Trinajstić information content (AvgIpc) is 3.03. The molecule has 6 nitrogen and oxygen atoms in total. The Morgan fingerprint density at radius 3 is 2.75 bits per heavy atom. The Balaban J connectivity index is 1.86. The van der Waals surface area contributed by atoms with Crippen molar-refractivity contribution in [3.8, 4) is 17.1 Å². The van der Waals surface area contributed by atoms with Crippen LogP contribution in [0.3, 0.4) is 0 Å². The predicted octanol–water partition coefficient (Wildman–Crippen LogP) is 3.57. The summed E-state index contributed by atoms with van der Waals surface area (Å²) in [4.78, 5) is 25.2. The summed E-state index contributed by atoms with van der Waals surface area (Å²) >= 11 is 6.13. The number of aromatic amines is 2. The molecule has 0 unspecified atom stereocenters. The predicted molar refractivity (Wildman–Crippen MR) is 98.1 cm³/mol. The fourth-order valence-corrected chi connectivity index (χ4v) is 2.95. The molecule has 0 aliphatic heterocycles. The molecule has 0 atom stereocenters. The Morgan fingerprint density at radius 1 is 1.33 bits per heavy atom. The van der Waals surface area contributed by atoms with Gasteiger partial charge in [-0.3, -0.25) is 9.78 Å². The van der Waals surface area contributed by atoms with E-state index in [1.807, 2.05) is 17.5 Å². The molecule has 0 fully saturated rings. The van der Waals surface area contributed by atoms with Crippen molar-refractivity contribution in [2.75, 3.05) is 0 Å². The molecule has 0 aliphatic carbocycles. The van der Waals surface area contributed by atoms with Crippen LogP contribution in [0.1, 0.15) is 18.1 Å². The standard InChI is InChI=1S/C16H14N4O2S2/c1-2-9-3-5-10(6-4-9)12-8-24-16(18-12)17-7-11-13(21)19-15(23)20-14(11)22/h3-8H,2H2,1H3,(H3,19,20,21,22,23)/b17-7+. The molecule has 0 saturated carbocycles. The van der Waals surface area contributed by atoms with Crippen LogP contribution in [0, 0.1) is 4.77 Å². The fourth-order valence-electron chi connectivity index (χ4n) is 2.09. The normalized spacial score (nSPS) is 11.2. The van der Waals surface area contributed by atoms with Gasteiger partial charge in [0.15, 0.2) is 4.77 Å². The van der Waals surface area contributed by atoms with E-state index in [1.54, 1.807) is 0 Å². The molecule has 2 aromatic heterocycles. The molecule has 0 spiro atoms. The zero-order valence-corrected chi connectivity index (χ0v) is 14.4. The third-order valence-corrected chi connectivity index (χ3v) is 4.37. The van der Waals surface area contributed by atoms with Gasteiger partial charge in [-0.2, -0.15) is 0 Å². The lowest BCUT2D eigenvalue weighted by atomic mass is 10.1. The molecule has 0 amide bonds. The van der Waals surface area contributed by atoms with Crippen molar-refractivity contribution in [2.45, 2.75) is 13.3 Å². The summed E-state index contributed by atoms with van der Waals surface area (Å²) in [6.45, 7) is 2.11. The van der Waals surface area contributed by atoms with E-state index in [0.717, 1.165) is 17.7 Å². The topological polar surface area (TPSA) is 94.1 Å². The third-order valence-electron chi connectivity index (χ3n) is 3.41. The minimum atomic E-state index is -0.507. The van der Waals surface area contributed by atoms with Crippen LogP contribution in [0.5, 0.6) is 5.88 Å². The molecule has 24 heavy (non-hydrogen) atoms. The largest absolute Gasteiger partial charge is 0.494 e. The van der Waals surface area contributed by atoms with Crippen molar-refractivity contribution in [1.29, 1.82) is 0 Å². The molecule has 3 rings (SSSR count). The van der Waals surface area contributed by atoms with Crippen LogP contribution in [0.4, 0.5) is 5.13 Å². The molecular weight excluding hydrogens is 344 g/mol. The molecule has 0 aliphatic rings. The number of benzene rings is 1. The third kappa shape index (κ3) is 3.50. The highest BCUT2D eigenvalue weighted by atomic mass is 32.1. The first-order chi connectivity index (χ1) is 11.6. The minimum Gasteiger partial charge on any atom is -0.494 e. The van der Waals surface area contributed by atoms with Crippen LogP contribution in [0.15, 0.2) is 39.4 Å². The number of aromatic nitrogens is 3. The second-order valence-corrected chi connectivity index (χ2v) is 6.24. The summed E-state index contributed by atoms with van der Waals surface area (Å²) in [5.41, 5.74) is 2.60. The van der Waals surface area contributed by atoms with Crippen molar-refractivity contribution in [1.82, 2.24) is 15.0 Å². The molecular formula is C16H14N4O2S2. The van der Waals surface area contributed by atoms with E-state index in [2.05, 4.69) is 39.0 Å². The number of aliphatic imine (C=N–C) groups is 1. The number of aryl methyl sites for hydroxylation is 1. The van der Waals surface area contributed by atoms with E-state index >= 15 is 0 Å². The number of aromatic hydroxyl groups is 1. The minimum absolute atomic E-state index is 0.00708. The lowest BCUT2D eigenvalue weighted by Crippen LogP contribution is -2.13. The van der Waals surface area contributed by atoms with Gasteiger partial charge in [-0.25, -0.2) is 9.98 Å². The lowest BCUT2D eigenvalue weighted by Gasteiger charge is -1.98. The fraction of sp³-hybridized carbons (Fsp3) is 0.125. The Bertz CT molecular complexity index is 1000. The summed E-state index contributed by atoms with van der Waals surface area (Å²) in [5, 5.41) is 12.1. The number of H-pyrrole nitrogens is 2. The van der Waals surface area contributed by atoms with E-state index in [1.165, 1.54) is 23.1 Å². The van der Waals surface area contributed by atoms with Crippen molar-refractivity contribution in [3.05, 3.63) is 55.9 Å². The van der Waals surface area contributed by atoms with Crippen LogP contribution in [0.2, 0.25) is 0 Å². The maximum absolute atomic E-state index is 11.8. The monoisotopic (exact) mass is 358 g/mol. The highest BCUT2D eigenvalue weighted by molar-refractivity contribution is 7.71. The Labute approximate surface area is 146 Å². The summed E-state index contributed by atoms with van der Waals surface area (Å²) in [7, 11) is 0. The average molecular weight is 358 g/mol. The molecule has 122 valence electrons. The Kier molecular flexibility index (Phi) is 4.68. The molecule has 0 radical (unpaired) electrons. The first kappa shape index (κ1) is 16.3. The first-order valence-corrected chi connectivity index (χ1v) is 8.50. The second kappa shape index (κ2) is 6.90. The van der Waals surface area contributed by atoms with E-state index in [-0.39, 0.29) is 16.2 Å². The zero-order chi connectivity index (χ0) is 17.1. The van der Waals surface area contributed by atoms with Gasteiger partial charge in [0.25, 0.3) is 5.56 Å². The van der Waals surface area contributed by atoms with Crippen molar-refractivity contribution < 1.29 is 5.11 Å². The van der Waals surface area contributed by atoms with Gasteiger partial charge >= 0.3 is 0 Å².